The smallest absolute Gasteiger partial charge is 0.398 e. The van der Waals surface area contributed by atoms with E-state index in [2.05, 4.69) is 4.98 Å². The van der Waals surface area contributed by atoms with Crippen molar-refractivity contribution in [1.29, 1.82) is 0 Å². The highest BCUT2D eigenvalue weighted by molar-refractivity contribution is 5.76. The van der Waals surface area contributed by atoms with Crippen molar-refractivity contribution in [1.82, 2.24) is 4.98 Å². The van der Waals surface area contributed by atoms with Crippen molar-refractivity contribution in [3.63, 3.8) is 0 Å². The SMILES string of the molecule is Nc1ccc(C(F)(F)F)cc1-c1ccc(C(F)(F)F)nc1. The quantitative estimate of drug-likeness (QED) is 0.627. The van der Waals surface area contributed by atoms with Gasteiger partial charge in [0.2, 0.25) is 0 Å². The summed E-state index contributed by atoms with van der Waals surface area (Å²) in [5.41, 5.74) is 3.58. The second-order valence-electron chi connectivity index (χ2n) is 4.23. The van der Waals surface area contributed by atoms with E-state index in [9.17, 15) is 26.3 Å². The molecule has 112 valence electrons. The lowest BCUT2D eigenvalue weighted by molar-refractivity contribution is -0.141. The molecule has 2 N–H and O–H groups in total. The molecule has 1 aromatic heterocycles. The maximum absolute atomic E-state index is 12.6. The average molecular weight is 306 g/mol. The van der Waals surface area contributed by atoms with Gasteiger partial charge in [0, 0.05) is 23.0 Å². The van der Waals surface area contributed by atoms with Crippen molar-refractivity contribution in [2.45, 2.75) is 12.4 Å². The minimum atomic E-state index is -4.61. The van der Waals surface area contributed by atoms with Gasteiger partial charge < -0.3 is 5.73 Å². The Balaban J connectivity index is 2.47. The number of hydrogen-bond donors (Lipinski definition) is 1. The molecule has 2 aromatic rings. The first-order valence-electron chi connectivity index (χ1n) is 5.59. The Morgan fingerprint density at radius 3 is 2.00 bits per heavy atom. The predicted octanol–water partition coefficient (Wildman–Crippen LogP) is 4.37. The first kappa shape index (κ1) is 15.1. The number of nitrogens with two attached hydrogens (primary N) is 1. The highest BCUT2D eigenvalue weighted by Crippen LogP contribution is 2.35. The zero-order valence-electron chi connectivity index (χ0n) is 10.3. The third-order valence-corrected chi connectivity index (χ3v) is 2.75. The van der Waals surface area contributed by atoms with Gasteiger partial charge >= 0.3 is 12.4 Å². The lowest BCUT2D eigenvalue weighted by Gasteiger charge is -2.12. The van der Waals surface area contributed by atoms with E-state index >= 15 is 0 Å². The average Bonchev–Trinajstić information content (AvgIpc) is 2.37. The van der Waals surface area contributed by atoms with Crippen molar-refractivity contribution in [2.24, 2.45) is 0 Å². The molecule has 0 spiro atoms. The summed E-state index contributed by atoms with van der Waals surface area (Å²) in [5, 5.41) is 0. The van der Waals surface area contributed by atoms with E-state index in [0.717, 1.165) is 30.5 Å². The number of aromatic nitrogens is 1. The van der Waals surface area contributed by atoms with Gasteiger partial charge in [-0.15, -0.1) is 0 Å². The molecule has 21 heavy (non-hydrogen) atoms. The van der Waals surface area contributed by atoms with Gasteiger partial charge in [-0.25, -0.2) is 0 Å². The zero-order chi connectivity index (χ0) is 15.8. The summed E-state index contributed by atoms with van der Waals surface area (Å²) in [7, 11) is 0. The number of anilines is 1. The minimum absolute atomic E-state index is 0.0181. The highest BCUT2D eigenvalue weighted by Gasteiger charge is 2.33. The number of nitrogens with zero attached hydrogens (tertiary/aromatic N) is 1. The van der Waals surface area contributed by atoms with Gasteiger partial charge in [0.1, 0.15) is 5.69 Å². The second-order valence-corrected chi connectivity index (χ2v) is 4.23. The first-order valence-corrected chi connectivity index (χ1v) is 5.59. The standard InChI is InChI=1S/C13H8F6N2/c14-12(15,16)8-2-3-10(20)9(5-8)7-1-4-11(21-6-7)13(17,18)19/h1-6H,20H2. The fourth-order valence-corrected chi connectivity index (χ4v) is 1.70. The van der Waals surface area contributed by atoms with Crippen LogP contribution in [-0.2, 0) is 12.4 Å². The van der Waals surface area contributed by atoms with Gasteiger partial charge in [0.05, 0.1) is 5.56 Å². The molecule has 1 aromatic carbocycles. The number of benzene rings is 1. The van der Waals surface area contributed by atoms with Crippen LogP contribution in [0.25, 0.3) is 11.1 Å². The maximum Gasteiger partial charge on any atom is 0.433 e. The Hall–Kier alpha value is -2.25. The van der Waals surface area contributed by atoms with E-state index in [1.165, 1.54) is 0 Å². The van der Waals surface area contributed by atoms with Gasteiger partial charge in [-0.2, -0.15) is 26.3 Å². The van der Waals surface area contributed by atoms with Crippen molar-refractivity contribution in [3.8, 4) is 11.1 Å². The van der Waals surface area contributed by atoms with Crippen molar-refractivity contribution in [2.75, 3.05) is 5.73 Å². The van der Waals surface area contributed by atoms with Crippen LogP contribution < -0.4 is 5.73 Å². The van der Waals surface area contributed by atoms with E-state index in [4.69, 9.17) is 5.73 Å². The molecule has 0 amide bonds. The largest absolute Gasteiger partial charge is 0.433 e. The lowest BCUT2D eigenvalue weighted by atomic mass is 10.0. The van der Waals surface area contributed by atoms with Crippen LogP contribution in [0.15, 0.2) is 36.5 Å². The summed E-state index contributed by atoms with van der Waals surface area (Å²) in [6, 6.07) is 4.35. The summed E-state index contributed by atoms with van der Waals surface area (Å²) in [5.74, 6) is 0. The fraction of sp³-hybridized carbons (Fsp3) is 0.154. The molecule has 0 saturated heterocycles. The first-order chi connectivity index (χ1) is 9.59. The maximum atomic E-state index is 12.6. The number of rotatable bonds is 1. The van der Waals surface area contributed by atoms with Crippen LogP contribution >= 0.6 is 0 Å². The summed E-state index contributed by atoms with van der Waals surface area (Å²) in [4.78, 5) is 3.20. The summed E-state index contributed by atoms with van der Waals surface area (Å²) in [6.45, 7) is 0. The van der Waals surface area contributed by atoms with Crippen LogP contribution in [0.4, 0.5) is 32.0 Å². The topological polar surface area (TPSA) is 38.9 Å². The van der Waals surface area contributed by atoms with Crippen LogP contribution in [-0.4, -0.2) is 4.98 Å². The Kier molecular flexibility index (Phi) is 3.56. The Labute approximate surface area is 115 Å². The molecule has 0 fully saturated rings. The minimum Gasteiger partial charge on any atom is -0.398 e. The summed E-state index contributed by atoms with van der Waals surface area (Å²) in [6.07, 6.45) is -8.34. The molecule has 0 aliphatic rings. The van der Waals surface area contributed by atoms with E-state index in [-0.39, 0.29) is 16.8 Å². The molecule has 0 bridgehead atoms. The van der Waals surface area contributed by atoms with Gasteiger partial charge in [0.25, 0.3) is 0 Å². The van der Waals surface area contributed by atoms with E-state index < -0.39 is 23.6 Å². The third-order valence-electron chi connectivity index (χ3n) is 2.75. The summed E-state index contributed by atoms with van der Waals surface area (Å²) < 4.78 is 75.0. The monoisotopic (exact) mass is 306 g/mol. The molecule has 0 radical (unpaired) electrons. The zero-order valence-corrected chi connectivity index (χ0v) is 10.3. The summed E-state index contributed by atoms with van der Waals surface area (Å²) >= 11 is 0. The predicted molar refractivity (Wildman–Crippen MR) is 64.1 cm³/mol. The molecule has 2 nitrogen and oxygen atoms in total. The van der Waals surface area contributed by atoms with Crippen molar-refractivity contribution >= 4 is 5.69 Å². The lowest BCUT2D eigenvalue weighted by Crippen LogP contribution is -2.08. The van der Waals surface area contributed by atoms with Gasteiger partial charge in [0.15, 0.2) is 0 Å². The van der Waals surface area contributed by atoms with Gasteiger partial charge in [-0.05, 0) is 24.3 Å². The molecule has 1 heterocycles. The number of pyridine rings is 1. The van der Waals surface area contributed by atoms with Crippen LogP contribution in [0.2, 0.25) is 0 Å². The molecule has 0 saturated carbocycles. The number of alkyl halides is 6. The third kappa shape index (κ3) is 3.26. The van der Waals surface area contributed by atoms with Crippen LogP contribution in [0.5, 0.6) is 0 Å². The second kappa shape index (κ2) is 4.94. The van der Waals surface area contributed by atoms with Crippen LogP contribution in [0.3, 0.4) is 0 Å². The Morgan fingerprint density at radius 2 is 1.52 bits per heavy atom. The van der Waals surface area contributed by atoms with Crippen LogP contribution in [0.1, 0.15) is 11.3 Å². The van der Waals surface area contributed by atoms with Crippen LogP contribution in [0, 0.1) is 0 Å². The van der Waals surface area contributed by atoms with Gasteiger partial charge in [-0.3, -0.25) is 4.98 Å². The number of hydrogen-bond acceptors (Lipinski definition) is 2. The molecule has 0 aliphatic heterocycles. The van der Waals surface area contributed by atoms with Crippen molar-refractivity contribution < 1.29 is 26.3 Å². The van der Waals surface area contributed by atoms with E-state index in [1.54, 1.807) is 0 Å². The number of halogens is 6. The van der Waals surface area contributed by atoms with Crippen molar-refractivity contribution in [3.05, 3.63) is 47.8 Å². The molecule has 8 heteroatoms. The molecule has 0 aliphatic carbocycles. The highest BCUT2D eigenvalue weighted by atomic mass is 19.4. The normalized spacial score (nSPS) is 12.5. The van der Waals surface area contributed by atoms with E-state index in [0.29, 0.717) is 6.07 Å². The molecule has 0 atom stereocenters. The number of nitrogen functional groups attached to an aromatic ring is 1. The molecule has 0 unspecified atom stereocenters. The molecular formula is C13H8F6N2. The van der Waals surface area contributed by atoms with E-state index in [1.807, 2.05) is 0 Å². The Bertz CT molecular complexity index is 643. The molecule has 2 rings (SSSR count). The van der Waals surface area contributed by atoms with Gasteiger partial charge in [-0.1, -0.05) is 6.07 Å². The fourth-order valence-electron chi connectivity index (χ4n) is 1.70. The molecular weight excluding hydrogens is 298 g/mol. The Morgan fingerprint density at radius 1 is 0.857 bits per heavy atom.